The molecule has 2 aromatic rings. The predicted octanol–water partition coefficient (Wildman–Crippen LogP) is 2.12. The molecule has 1 fully saturated rings. The van der Waals surface area contributed by atoms with Crippen LogP contribution in [0.4, 0.5) is 5.95 Å². The molecule has 0 radical (unpaired) electrons. The van der Waals surface area contributed by atoms with E-state index in [0.29, 0.717) is 0 Å². The molecule has 6 nitrogen and oxygen atoms in total. The molecular weight excluding hydrogens is 352 g/mol. The van der Waals surface area contributed by atoms with Gasteiger partial charge in [-0.3, -0.25) is 4.79 Å². The number of morpholine rings is 1. The molecule has 0 unspecified atom stereocenters. The number of aromatic nitrogens is 2. The van der Waals surface area contributed by atoms with Crippen molar-refractivity contribution in [2.45, 2.75) is 25.7 Å². The van der Waals surface area contributed by atoms with Crippen LogP contribution in [-0.2, 0) is 28.8 Å². The van der Waals surface area contributed by atoms with E-state index in [2.05, 4.69) is 22.0 Å². The number of nitrogens with zero attached hydrogens (tertiary/aromatic N) is 4. The Balaban J connectivity index is 1.35. The first-order valence-corrected chi connectivity index (χ1v) is 10.2. The van der Waals surface area contributed by atoms with E-state index < -0.39 is 0 Å². The van der Waals surface area contributed by atoms with Crippen molar-refractivity contribution in [3.8, 4) is 0 Å². The van der Waals surface area contributed by atoms with Gasteiger partial charge in [0.25, 0.3) is 0 Å². The standard InChI is InChI=1S/C22H28N4O2/c1-25(10-9-17-5-3-2-4-6-17)21(27)18-7-8-20-19(15-18)16-23-22(24-20)26-11-13-28-14-12-26/h2-6,16,18H,7-15H2,1H3/t18-/m1/s1. The van der Waals surface area contributed by atoms with E-state index in [1.807, 2.05) is 36.3 Å². The molecule has 1 amide bonds. The Morgan fingerprint density at radius 1 is 1.25 bits per heavy atom. The van der Waals surface area contributed by atoms with Crippen LogP contribution in [0.15, 0.2) is 36.5 Å². The molecule has 1 atom stereocenters. The summed E-state index contributed by atoms with van der Waals surface area (Å²) in [6.45, 7) is 3.88. The molecule has 4 rings (SSSR count). The molecule has 148 valence electrons. The SMILES string of the molecule is CN(CCc1ccccc1)C(=O)[C@@H]1CCc2nc(N3CCOCC3)ncc2C1. The quantitative estimate of drug-likeness (QED) is 0.795. The summed E-state index contributed by atoms with van der Waals surface area (Å²) in [6, 6.07) is 10.3. The van der Waals surface area contributed by atoms with Crippen LogP contribution in [0, 0.1) is 5.92 Å². The van der Waals surface area contributed by atoms with Crippen LogP contribution < -0.4 is 4.90 Å². The van der Waals surface area contributed by atoms with Gasteiger partial charge in [-0.1, -0.05) is 30.3 Å². The number of rotatable bonds is 5. The Morgan fingerprint density at radius 2 is 2.04 bits per heavy atom. The maximum absolute atomic E-state index is 12.9. The second kappa shape index (κ2) is 8.69. The fourth-order valence-electron chi connectivity index (χ4n) is 3.99. The van der Waals surface area contributed by atoms with Crippen LogP contribution in [0.5, 0.6) is 0 Å². The summed E-state index contributed by atoms with van der Waals surface area (Å²) in [5.74, 6) is 1.07. The van der Waals surface area contributed by atoms with Gasteiger partial charge < -0.3 is 14.5 Å². The average Bonchev–Trinajstić information content (AvgIpc) is 2.77. The second-order valence-electron chi connectivity index (χ2n) is 7.68. The van der Waals surface area contributed by atoms with Gasteiger partial charge in [0.15, 0.2) is 0 Å². The van der Waals surface area contributed by atoms with Crippen LogP contribution >= 0.6 is 0 Å². The highest BCUT2D eigenvalue weighted by Crippen LogP contribution is 2.26. The van der Waals surface area contributed by atoms with Crippen molar-refractivity contribution in [3.05, 3.63) is 53.3 Å². The monoisotopic (exact) mass is 380 g/mol. The van der Waals surface area contributed by atoms with Crippen molar-refractivity contribution in [2.75, 3.05) is 44.8 Å². The second-order valence-corrected chi connectivity index (χ2v) is 7.68. The summed E-state index contributed by atoms with van der Waals surface area (Å²) in [6.07, 6.45) is 5.27. The van der Waals surface area contributed by atoms with E-state index in [9.17, 15) is 4.79 Å². The molecule has 0 saturated carbocycles. The van der Waals surface area contributed by atoms with E-state index in [1.54, 1.807) is 0 Å². The van der Waals surface area contributed by atoms with Crippen molar-refractivity contribution >= 4 is 11.9 Å². The highest BCUT2D eigenvalue weighted by molar-refractivity contribution is 5.79. The van der Waals surface area contributed by atoms with Gasteiger partial charge in [0, 0.05) is 44.5 Å². The molecule has 1 aliphatic heterocycles. The smallest absolute Gasteiger partial charge is 0.225 e. The summed E-state index contributed by atoms with van der Waals surface area (Å²) in [5.41, 5.74) is 3.49. The number of hydrogen-bond donors (Lipinski definition) is 0. The minimum atomic E-state index is 0.0334. The number of carbonyl (C=O) groups excluding carboxylic acids is 1. The topological polar surface area (TPSA) is 58.6 Å². The highest BCUT2D eigenvalue weighted by Gasteiger charge is 2.28. The fourth-order valence-corrected chi connectivity index (χ4v) is 3.99. The maximum atomic E-state index is 12.9. The summed E-state index contributed by atoms with van der Waals surface area (Å²) in [7, 11) is 1.92. The number of fused-ring (bicyclic) bond motifs is 1. The van der Waals surface area contributed by atoms with Gasteiger partial charge in [-0.25, -0.2) is 9.97 Å². The lowest BCUT2D eigenvalue weighted by Gasteiger charge is -2.30. The summed E-state index contributed by atoms with van der Waals surface area (Å²) in [5, 5.41) is 0. The number of carbonyl (C=O) groups is 1. The van der Waals surface area contributed by atoms with E-state index >= 15 is 0 Å². The van der Waals surface area contributed by atoms with Gasteiger partial charge in [0.1, 0.15) is 0 Å². The largest absolute Gasteiger partial charge is 0.378 e. The number of benzene rings is 1. The van der Waals surface area contributed by atoms with Gasteiger partial charge in [0.05, 0.1) is 13.2 Å². The number of amides is 1. The number of anilines is 1. The Bertz CT molecular complexity index is 805. The number of ether oxygens (including phenoxy) is 1. The third kappa shape index (κ3) is 4.33. The number of likely N-dealkylation sites (N-methyl/N-ethyl adjacent to an activating group) is 1. The molecule has 1 aromatic heterocycles. The lowest BCUT2D eigenvalue weighted by Crippen LogP contribution is -2.38. The normalized spacial score (nSPS) is 19.2. The van der Waals surface area contributed by atoms with Crippen molar-refractivity contribution in [3.63, 3.8) is 0 Å². The summed E-state index contributed by atoms with van der Waals surface area (Å²) in [4.78, 5) is 26.3. The van der Waals surface area contributed by atoms with Crippen LogP contribution in [0.1, 0.15) is 23.2 Å². The Labute approximate surface area is 166 Å². The van der Waals surface area contributed by atoms with Crippen molar-refractivity contribution in [2.24, 2.45) is 5.92 Å². The zero-order valence-corrected chi connectivity index (χ0v) is 16.5. The van der Waals surface area contributed by atoms with Crippen LogP contribution in [-0.4, -0.2) is 60.7 Å². The molecule has 1 aromatic carbocycles. The molecule has 2 heterocycles. The lowest BCUT2D eigenvalue weighted by atomic mass is 9.86. The maximum Gasteiger partial charge on any atom is 0.225 e. The summed E-state index contributed by atoms with van der Waals surface area (Å²) >= 11 is 0. The molecule has 0 N–H and O–H groups in total. The fraction of sp³-hybridized carbons (Fsp3) is 0.500. The van der Waals surface area contributed by atoms with Crippen molar-refractivity contribution < 1.29 is 9.53 Å². The molecule has 2 aliphatic rings. The van der Waals surface area contributed by atoms with Crippen LogP contribution in [0.2, 0.25) is 0 Å². The summed E-state index contributed by atoms with van der Waals surface area (Å²) < 4.78 is 5.41. The number of aryl methyl sites for hydroxylation is 1. The predicted molar refractivity (Wildman–Crippen MR) is 108 cm³/mol. The van der Waals surface area contributed by atoms with Crippen LogP contribution in [0.3, 0.4) is 0 Å². The third-order valence-electron chi connectivity index (χ3n) is 5.74. The van der Waals surface area contributed by atoms with E-state index in [1.165, 1.54) is 5.56 Å². The van der Waals surface area contributed by atoms with Gasteiger partial charge >= 0.3 is 0 Å². The average molecular weight is 380 g/mol. The van der Waals surface area contributed by atoms with Crippen molar-refractivity contribution in [1.29, 1.82) is 0 Å². The van der Waals surface area contributed by atoms with E-state index in [-0.39, 0.29) is 11.8 Å². The zero-order chi connectivity index (χ0) is 19.3. The molecule has 0 spiro atoms. The third-order valence-corrected chi connectivity index (χ3v) is 5.74. The minimum Gasteiger partial charge on any atom is -0.378 e. The van der Waals surface area contributed by atoms with Gasteiger partial charge in [0.2, 0.25) is 11.9 Å². The molecule has 28 heavy (non-hydrogen) atoms. The first-order chi connectivity index (χ1) is 13.7. The van der Waals surface area contributed by atoms with Gasteiger partial charge in [-0.2, -0.15) is 0 Å². The van der Waals surface area contributed by atoms with Crippen molar-refractivity contribution in [1.82, 2.24) is 14.9 Å². The molecule has 0 bridgehead atoms. The van der Waals surface area contributed by atoms with Crippen LogP contribution in [0.25, 0.3) is 0 Å². The molecule has 1 saturated heterocycles. The minimum absolute atomic E-state index is 0.0334. The van der Waals surface area contributed by atoms with E-state index in [0.717, 1.165) is 75.7 Å². The van der Waals surface area contributed by atoms with E-state index in [4.69, 9.17) is 9.72 Å². The molecule has 6 heteroatoms. The molecule has 1 aliphatic carbocycles. The lowest BCUT2D eigenvalue weighted by molar-refractivity contribution is -0.134. The highest BCUT2D eigenvalue weighted by atomic mass is 16.5. The Kier molecular flexibility index (Phi) is 5.86. The first-order valence-electron chi connectivity index (χ1n) is 10.2. The Morgan fingerprint density at radius 3 is 2.82 bits per heavy atom. The van der Waals surface area contributed by atoms with Gasteiger partial charge in [-0.05, 0) is 36.8 Å². The Hall–Kier alpha value is -2.47. The van der Waals surface area contributed by atoms with Gasteiger partial charge in [-0.15, -0.1) is 0 Å². The molecular formula is C22H28N4O2. The zero-order valence-electron chi connectivity index (χ0n) is 16.5. The number of hydrogen-bond acceptors (Lipinski definition) is 5. The first kappa shape index (κ1) is 18.9.